The van der Waals surface area contributed by atoms with Gasteiger partial charge >= 0.3 is 0 Å². The number of nitriles is 1. The van der Waals surface area contributed by atoms with Crippen molar-refractivity contribution < 1.29 is 0 Å². The van der Waals surface area contributed by atoms with Crippen LogP contribution in [-0.4, -0.2) is 19.3 Å². The molecule has 0 aromatic heterocycles. The zero-order chi connectivity index (χ0) is 13.6. The second-order valence-electron chi connectivity index (χ2n) is 4.23. The Balaban J connectivity index is 4.37. The lowest BCUT2D eigenvalue weighted by Gasteiger charge is -2.09. The topological polar surface area (TPSA) is 73.2 Å². The van der Waals surface area contributed by atoms with Gasteiger partial charge in [0.1, 0.15) is 0 Å². The smallest absolute Gasteiger partial charge is 0.196 e. The highest BCUT2D eigenvalue weighted by molar-refractivity contribution is 4.89. The molecule has 0 amide bonds. The maximum absolute atomic E-state index is 9.05. The summed E-state index contributed by atoms with van der Waals surface area (Å²) in [7, 11) is 0. The molecule has 0 saturated heterocycles. The van der Waals surface area contributed by atoms with Gasteiger partial charge in [-0.1, -0.05) is 33.6 Å². The van der Waals surface area contributed by atoms with E-state index in [0.717, 1.165) is 32.1 Å². The molecule has 0 aliphatic heterocycles. The van der Waals surface area contributed by atoms with Crippen molar-refractivity contribution in [3.8, 4) is 6.07 Å². The number of hydrogen-bond acceptors (Lipinski definition) is 5. The average molecular weight is 251 g/mol. The molecular formula is C13H25N5. The lowest BCUT2D eigenvalue weighted by atomic mass is 10.1. The molecule has 0 saturated carbocycles. The number of unbranched alkanes of at least 4 members (excludes halogenated alkanes) is 2. The van der Waals surface area contributed by atoms with Gasteiger partial charge in [0, 0.05) is 0 Å². The molecule has 0 radical (unpaired) electrons. The standard InChI is InChI=1S/C13H25N5/c1-4-7-9-15-17-13(12(6-3)11-14)18-16-10-8-5-2/h12-13H,4-10H2,1-3H3. The van der Waals surface area contributed by atoms with Gasteiger partial charge in [-0.25, -0.2) is 0 Å². The van der Waals surface area contributed by atoms with Gasteiger partial charge in [-0.3, -0.25) is 0 Å². The quantitative estimate of drug-likeness (QED) is 0.419. The van der Waals surface area contributed by atoms with E-state index in [1.54, 1.807) is 0 Å². The van der Waals surface area contributed by atoms with Crippen LogP contribution >= 0.6 is 0 Å². The Morgan fingerprint density at radius 2 is 1.44 bits per heavy atom. The van der Waals surface area contributed by atoms with Crippen molar-refractivity contribution >= 4 is 0 Å². The summed E-state index contributed by atoms with van der Waals surface area (Å²) in [6.07, 6.45) is 4.53. The summed E-state index contributed by atoms with van der Waals surface area (Å²) in [5, 5.41) is 25.5. The van der Waals surface area contributed by atoms with Crippen molar-refractivity contribution in [3.05, 3.63) is 0 Å². The first-order valence-corrected chi connectivity index (χ1v) is 6.92. The zero-order valence-electron chi connectivity index (χ0n) is 11.8. The van der Waals surface area contributed by atoms with Crippen LogP contribution < -0.4 is 0 Å². The fraction of sp³-hybridized carbons (Fsp3) is 0.923. The van der Waals surface area contributed by atoms with Crippen LogP contribution in [0, 0.1) is 17.2 Å². The van der Waals surface area contributed by atoms with Crippen molar-refractivity contribution in [1.82, 2.24) is 0 Å². The van der Waals surface area contributed by atoms with E-state index in [1.165, 1.54) is 0 Å². The molecule has 5 heteroatoms. The number of azo groups is 2. The summed E-state index contributed by atoms with van der Waals surface area (Å²) in [5.74, 6) is -0.222. The summed E-state index contributed by atoms with van der Waals surface area (Å²) in [5.41, 5.74) is 0. The fourth-order valence-electron chi connectivity index (χ4n) is 1.29. The van der Waals surface area contributed by atoms with E-state index in [0.29, 0.717) is 13.1 Å². The molecule has 0 heterocycles. The van der Waals surface area contributed by atoms with E-state index in [2.05, 4.69) is 40.4 Å². The Morgan fingerprint density at radius 3 is 1.78 bits per heavy atom. The second-order valence-corrected chi connectivity index (χ2v) is 4.23. The van der Waals surface area contributed by atoms with Crippen molar-refractivity contribution in [2.45, 2.75) is 59.0 Å². The third kappa shape index (κ3) is 7.88. The van der Waals surface area contributed by atoms with Crippen LogP contribution in [0.15, 0.2) is 20.5 Å². The van der Waals surface area contributed by atoms with E-state index >= 15 is 0 Å². The van der Waals surface area contributed by atoms with Crippen LogP contribution in [0.3, 0.4) is 0 Å². The minimum Gasteiger partial charge on any atom is -0.198 e. The van der Waals surface area contributed by atoms with Gasteiger partial charge < -0.3 is 0 Å². The van der Waals surface area contributed by atoms with Crippen molar-refractivity contribution in [3.63, 3.8) is 0 Å². The Kier molecular flexibility index (Phi) is 11.3. The summed E-state index contributed by atoms with van der Waals surface area (Å²) < 4.78 is 0. The van der Waals surface area contributed by atoms with Gasteiger partial charge in [0.15, 0.2) is 6.17 Å². The lowest BCUT2D eigenvalue weighted by molar-refractivity contribution is 0.469. The number of hydrogen-bond donors (Lipinski definition) is 0. The second kappa shape index (κ2) is 12.2. The van der Waals surface area contributed by atoms with Crippen LogP contribution in [0.5, 0.6) is 0 Å². The third-order valence-electron chi connectivity index (χ3n) is 2.59. The van der Waals surface area contributed by atoms with Crippen LogP contribution in [0.25, 0.3) is 0 Å². The maximum atomic E-state index is 9.05. The third-order valence-corrected chi connectivity index (χ3v) is 2.59. The molecule has 0 aromatic carbocycles. The van der Waals surface area contributed by atoms with Crippen molar-refractivity contribution in [1.29, 1.82) is 5.26 Å². The molecule has 0 spiro atoms. The molecule has 102 valence electrons. The van der Waals surface area contributed by atoms with E-state index in [9.17, 15) is 0 Å². The lowest BCUT2D eigenvalue weighted by Crippen LogP contribution is -2.13. The average Bonchev–Trinajstić information content (AvgIpc) is 2.40. The van der Waals surface area contributed by atoms with Crippen molar-refractivity contribution in [2.75, 3.05) is 13.1 Å². The summed E-state index contributed by atoms with van der Waals surface area (Å²) >= 11 is 0. The first-order chi connectivity index (χ1) is 8.79. The summed E-state index contributed by atoms with van der Waals surface area (Å²) in [4.78, 5) is 0. The fourth-order valence-corrected chi connectivity index (χ4v) is 1.29. The van der Waals surface area contributed by atoms with Crippen molar-refractivity contribution in [2.24, 2.45) is 26.4 Å². The van der Waals surface area contributed by atoms with E-state index in [4.69, 9.17) is 5.26 Å². The number of nitrogens with zero attached hydrogens (tertiary/aromatic N) is 5. The molecule has 0 aromatic rings. The van der Waals surface area contributed by atoms with Crippen LogP contribution in [0.4, 0.5) is 0 Å². The SMILES string of the molecule is CCCCN=NC(N=NCCCC)C(C#N)CC. The Hall–Kier alpha value is -1.31. The van der Waals surface area contributed by atoms with Crippen LogP contribution in [0.2, 0.25) is 0 Å². The molecule has 0 aliphatic rings. The highest BCUT2D eigenvalue weighted by Gasteiger charge is 2.18. The van der Waals surface area contributed by atoms with E-state index in [1.807, 2.05) is 6.92 Å². The summed E-state index contributed by atoms with van der Waals surface area (Å²) in [6.45, 7) is 7.60. The molecule has 0 bridgehead atoms. The predicted octanol–water partition coefficient (Wildman–Crippen LogP) is 4.37. The molecule has 0 rings (SSSR count). The molecule has 0 fully saturated rings. The van der Waals surface area contributed by atoms with E-state index in [-0.39, 0.29) is 5.92 Å². The van der Waals surface area contributed by atoms with Gasteiger partial charge in [0.2, 0.25) is 0 Å². The Morgan fingerprint density at radius 1 is 0.944 bits per heavy atom. The van der Waals surface area contributed by atoms with Gasteiger partial charge in [0.25, 0.3) is 0 Å². The number of rotatable bonds is 10. The minimum atomic E-state index is -0.422. The van der Waals surface area contributed by atoms with Crippen LogP contribution in [0.1, 0.15) is 52.9 Å². The van der Waals surface area contributed by atoms with Gasteiger partial charge in [-0.2, -0.15) is 25.7 Å². The Labute approximate surface area is 110 Å². The molecular weight excluding hydrogens is 226 g/mol. The highest BCUT2D eigenvalue weighted by atomic mass is 15.3. The monoisotopic (exact) mass is 251 g/mol. The normalized spacial score (nSPS) is 15.0. The highest BCUT2D eigenvalue weighted by Crippen LogP contribution is 2.14. The Bertz CT molecular complexity index is 262. The predicted molar refractivity (Wildman–Crippen MR) is 72.4 cm³/mol. The first-order valence-electron chi connectivity index (χ1n) is 6.92. The van der Waals surface area contributed by atoms with Gasteiger partial charge in [-0.05, 0) is 19.3 Å². The van der Waals surface area contributed by atoms with Gasteiger partial charge in [0.05, 0.1) is 25.1 Å². The molecule has 1 unspecified atom stereocenters. The van der Waals surface area contributed by atoms with Gasteiger partial charge in [-0.15, -0.1) is 0 Å². The molecule has 0 aliphatic carbocycles. The molecule has 18 heavy (non-hydrogen) atoms. The molecule has 0 N–H and O–H groups in total. The largest absolute Gasteiger partial charge is 0.198 e. The van der Waals surface area contributed by atoms with Crippen LogP contribution in [-0.2, 0) is 0 Å². The maximum Gasteiger partial charge on any atom is 0.196 e. The molecule has 5 nitrogen and oxygen atoms in total. The molecule has 1 atom stereocenters. The first kappa shape index (κ1) is 16.7. The van der Waals surface area contributed by atoms with E-state index < -0.39 is 6.17 Å². The zero-order valence-corrected chi connectivity index (χ0v) is 11.8. The summed E-state index contributed by atoms with van der Waals surface area (Å²) in [6, 6.07) is 2.23. The minimum absolute atomic E-state index is 0.222.